The fourth-order valence-corrected chi connectivity index (χ4v) is 3.39. The summed E-state index contributed by atoms with van der Waals surface area (Å²) in [5.41, 5.74) is 0.682. The molecular formula is C17H20N4O2S. The predicted octanol–water partition coefficient (Wildman–Crippen LogP) is 2.70. The van der Waals surface area contributed by atoms with Gasteiger partial charge < -0.3 is 15.5 Å². The monoisotopic (exact) mass is 344 g/mol. The number of carbonyl (C=O) groups excluding carboxylic acids is 2. The van der Waals surface area contributed by atoms with Crippen LogP contribution in [-0.4, -0.2) is 34.9 Å². The van der Waals surface area contributed by atoms with Crippen molar-refractivity contribution in [1.82, 2.24) is 15.2 Å². The Morgan fingerprint density at radius 2 is 2.25 bits per heavy atom. The van der Waals surface area contributed by atoms with Gasteiger partial charge in [-0.05, 0) is 36.4 Å². The second kappa shape index (κ2) is 7.92. The highest BCUT2D eigenvalue weighted by Crippen LogP contribution is 2.19. The number of thiophene rings is 1. The van der Waals surface area contributed by atoms with E-state index in [1.54, 1.807) is 40.8 Å². The minimum Gasteiger partial charge on any atom is -0.333 e. The molecule has 1 unspecified atom stereocenters. The van der Waals surface area contributed by atoms with Crippen molar-refractivity contribution in [2.45, 2.75) is 19.4 Å². The lowest BCUT2D eigenvalue weighted by molar-refractivity contribution is -0.121. The topological polar surface area (TPSA) is 74.3 Å². The number of likely N-dealkylation sites (tertiary alicyclic amines) is 1. The zero-order chi connectivity index (χ0) is 16.8. The third kappa shape index (κ3) is 4.32. The quantitative estimate of drug-likeness (QED) is 0.895. The van der Waals surface area contributed by atoms with Crippen LogP contribution in [0, 0.1) is 5.92 Å². The molecule has 3 rings (SSSR count). The minimum atomic E-state index is -0.188. The van der Waals surface area contributed by atoms with Crippen LogP contribution in [0.1, 0.15) is 17.7 Å². The first-order chi connectivity index (χ1) is 11.7. The average Bonchev–Trinajstić information content (AvgIpc) is 3.14. The molecule has 0 radical (unpaired) electrons. The summed E-state index contributed by atoms with van der Waals surface area (Å²) >= 11 is 1.61. The van der Waals surface area contributed by atoms with Crippen molar-refractivity contribution in [2.75, 3.05) is 18.4 Å². The molecule has 24 heavy (non-hydrogen) atoms. The molecule has 7 heteroatoms. The molecule has 3 amide bonds. The van der Waals surface area contributed by atoms with Crippen LogP contribution in [0.3, 0.4) is 0 Å². The van der Waals surface area contributed by atoms with Gasteiger partial charge in [-0.2, -0.15) is 0 Å². The zero-order valence-corrected chi connectivity index (χ0v) is 14.1. The standard InChI is InChI=1S/C17H20N4O2S/c22-16(20-14-5-1-7-18-10-14)13-4-2-8-21(12-13)17(23)19-11-15-6-3-9-24-15/h1,3,5-7,9-10,13H,2,4,8,11-12H2,(H,19,23)(H,20,22). The van der Waals surface area contributed by atoms with Crippen LogP contribution < -0.4 is 10.6 Å². The van der Waals surface area contributed by atoms with Crippen molar-refractivity contribution < 1.29 is 9.59 Å². The first kappa shape index (κ1) is 16.4. The number of hydrogen-bond donors (Lipinski definition) is 2. The van der Waals surface area contributed by atoms with Crippen molar-refractivity contribution in [3.63, 3.8) is 0 Å². The summed E-state index contributed by atoms with van der Waals surface area (Å²) in [5, 5.41) is 7.77. The minimum absolute atomic E-state index is 0.0567. The number of piperidine rings is 1. The molecule has 0 spiro atoms. The van der Waals surface area contributed by atoms with Crippen molar-refractivity contribution in [2.24, 2.45) is 5.92 Å². The molecule has 0 bridgehead atoms. The first-order valence-corrected chi connectivity index (χ1v) is 8.86. The maximum atomic E-state index is 12.4. The Bertz CT molecular complexity index is 675. The van der Waals surface area contributed by atoms with Gasteiger partial charge in [-0.25, -0.2) is 4.79 Å². The van der Waals surface area contributed by atoms with E-state index in [-0.39, 0.29) is 17.9 Å². The fourth-order valence-electron chi connectivity index (χ4n) is 2.74. The summed E-state index contributed by atoms with van der Waals surface area (Å²) in [6.45, 7) is 1.66. The number of amides is 3. The molecule has 126 valence electrons. The Morgan fingerprint density at radius 1 is 1.33 bits per heavy atom. The molecule has 1 aliphatic rings. The van der Waals surface area contributed by atoms with E-state index in [0.29, 0.717) is 25.3 Å². The maximum absolute atomic E-state index is 12.4. The van der Waals surface area contributed by atoms with Gasteiger partial charge in [0, 0.05) is 24.2 Å². The molecule has 3 heterocycles. The second-order valence-corrected chi connectivity index (χ2v) is 6.79. The maximum Gasteiger partial charge on any atom is 0.317 e. The molecular weight excluding hydrogens is 324 g/mol. The van der Waals surface area contributed by atoms with Crippen LogP contribution >= 0.6 is 11.3 Å². The SMILES string of the molecule is O=C(Nc1cccnc1)C1CCCN(C(=O)NCc2cccs2)C1. The summed E-state index contributed by atoms with van der Waals surface area (Å²) in [4.78, 5) is 31.5. The Hall–Kier alpha value is -2.41. The van der Waals surface area contributed by atoms with Crippen molar-refractivity contribution in [3.05, 3.63) is 46.9 Å². The van der Waals surface area contributed by atoms with Crippen LogP contribution in [0.15, 0.2) is 42.0 Å². The number of aromatic nitrogens is 1. The highest BCUT2D eigenvalue weighted by atomic mass is 32.1. The number of hydrogen-bond acceptors (Lipinski definition) is 4. The van der Waals surface area contributed by atoms with E-state index in [1.165, 1.54) is 0 Å². The van der Waals surface area contributed by atoms with Crippen molar-refractivity contribution in [3.8, 4) is 0 Å². The average molecular weight is 344 g/mol. The van der Waals surface area contributed by atoms with E-state index >= 15 is 0 Å². The molecule has 6 nitrogen and oxygen atoms in total. The molecule has 1 aliphatic heterocycles. The van der Waals surface area contributed by atoms with Gasteiger partial charge in [-0.3, -0.25) is 9.78 Å². The molecule has 2 aromatic heterocycles. The highest BCUT2D eigenvalue weighted by molar-refractivity contribution is 7.09. The van der Waals surface area contributed by atoms with E-state index in [2.05, 4.69) is 15.6 Å². The Labute approximate surface area is 144 Å². The summed E-state index contributed by atoms with van der Waals surface area (Å²) in [6.07, 6.45) is 4.90. The van der Waals surface area contributed by atoms with E-state index in [9.17, 15) is 9.59 Å². The summed E-state index contributed by atoms with van der Waals surface area (Å²) < 4.78 is 0. The molecule has 0 saturated carbocycles. The number of nitrogens with zero attached hydrogens (tertiary/aromatic N) is 2. The first-order valence-electron chi connectivity index (χ1n) is 7.98. The van der Waals surface area contributed by atoms with Gasteiger partial charge in [0.25, 0.3) is 0 Å². The smallest absolute Gasteiger partial charge is 0.317 e. The van der Waals surface area contributed by atoms with E-state index in [0.717, 1.165) is 17.7 Å². The molecule has 2 N–H and O–H groups in total. The number of carbonyl (C=O) groups is 2. The molecule has 0 aromatic carbocycles. The van der Waals surface area contributed by atoms with Gasteiger partial charge in [-0.15, -0.1) is 11.3 Å². The van der Waals surface area contributed by atoms with Gasteiger partial charge >= 0.3 is 6.03 Å². The fraction of sp³-hybridized carbons (Fsp3) is 0.353. The van der Waals surface area contributed by atoms with Gasteiger partial charge in [0.1, 0.15) is 0 Å². The van der Waals surface area contributed by atoms with Gasteiger partial charge in [0.15, 0.2) is 0 Å². The lowest BCUT2D eigenvalue weighted by Gasteiger charge is -2.32. The molecule has 1 atom stereocenters. The van der Waals surface area contributed by atoms with Gasteiger partial charge in [0.05, 0.1) is 24.3 Å². The number of pyridine rings is 1. The molecule has 2 aromatic rings. The third-order valence-electron chi connectivity index (χ3n) is 4.00. The Kier molecular flexibility index (Phi) is 5.43. The molecule has 1 saturated heterocycles. The second-order valence-electron chi connectivity index (χ2n) is 5.75. The van der Waals surface area contributed by atoms with Crippen molar-refractivity contribution >= 4 is 29.0 Å². The van der Waals surface area contributed by atoms with Gasteiger partial charge in [0.2, 0.25) is 5.91 Å². The van der Waals surface area contributed by atoms with E-state index in [4.69, 9.17) is 0 Å². The Balaban J connectivity index is 1.51. The largest absolute Gasteiger partial charge is 0.333 e. The van der Waals surface area contributed by atoms with E-state index < -0.39 is 0 Å². The number of nitrogens with one attached hydrogen (secondary N) is 2. The van der Waals surface area contributed by atoms with Crippen LogP contribution in [-0.2, 0) is 11.3 Å². The lowest BCUT2D eigenvalue weighted by Crippen LogP contribution is -2.47. The van der Waals surface area contributed by atoms with E-state index in [1.807, 2.05) is 17.5 Å². The van der Waals surface area contributed by atoms with Crippen molar-refractivity contribution in [1.29, 1.82) is 0 Å². The van der Waals surface area contributed by atoms with Crippen LogP contribution in [0.4, 0.5) is 10.5 Å². The molecule has 1 fully saturated rings. The van der Waals surface area contributed by atoms with Crippen LogP contribution in [0.25, 0.3) is 0 Å². The van der Waals surface area contributed by atoms with Gasteiger partial charge in [-0.1, -0.05) is 6.07 Å². The van der Waals surface area contributed by atoms with Crippen LogP contribution in [0.5, 0.6) is 0 Å². The number of urea groups is 1. The normalized spacial score (nSPS) is 17.3. The summed E-state index contributed by atoms with van der Waals surface area (Å²) in [6, 6.07) is 7.43. The zero-order valence-electron chi connectivity index (χ0n) is 13.3. The summed E-state index contributed by atoms with van der Waals surface area (Å²) in [5.74, 6) is -0.245. The number of anilines is 1. The summed E-state index contributed by atoms with van der Waals surface area (Å²) in [7, 11) is 0. The highest BCUT2D eigenvalue weighted by Gasteiger charge is 2.28. The number of rotatable bonds is 4. The van der Waals surface area contributed by atoms with Crippen LogP contribution in [0.2, 0.25) is 0 Å². The third-order valence-corrected chi connectivity index (χ3v) is 4.88. The molecule has 0 aliphatic carbocycles. The predicted molar refractivity (Wildman–Crippen MR) is 93.7 cm³/mol. The lowest BCUT2D eigenvalue weighted by atomic mass is 9.97. The Morgan fingerprint density at radius 3 is 3.00 bits per heavy atom.